The molecule has 0 atom stereocenters. The Bertz CT molecular complexity index is 382. The van der Waals surface area contributed by atoms with Crippen molar-refractivity contribution in [3.63, 3.8) is 0 Å². The van der Waals surface area contributed by atoms with Crippen LogP contribution in [0.5, 0.6) is 5.88 Å². The maximum absolute atomic E-state index is 12.0. The van der Waals surface area contributed by atoms with E-state index >= 15 is 0 Å². The molecule has 8 heteroatoms. The maximum Gasteiger partial charge on any atom is 0.574 e. The van der Waals surface area contributed by atoms with Gasteiger partial charge in [0.2, 0.25) is 5.88 Å². The van der Waals surface area contributed by atoms with Crippen molar-refractivity contribution in [2.45, 2.75) is 19.5 Å². The summed E-state index contributed by atoms with van der Waals surface area (Å²) in [4.78, 5) is 3.49. The number of nitrogen functional groups attached to an aromatic ring is 1. The van der Waals surface area contributed by atoms with E-state index in [4.69, 9.17) is 16.6 Å². The molecule has 1 aromatic rings. The second-order valence-electron chi connectivity index (χ2n) is 2.90. The van der Waals surface area contributed by atoms with Gasteiger partial charge >= 0.3 is 6.36 Å². The summed E-state index contributed by atoms with van der Waals surface area (Å²) in [6.45, 7) is -0.779. The van der Waals surface area contributed by atoms with Crippen LogP contribution in [0, 0.1) is 0 Å². The first kappa shape index (κ1) is 12.5. The molecule has 1 heterocycles. The molecular formula is C8H10F3N3O2. The summed E-state index contributed by atoms with van der Waals surface area (Å²) in [5.41, 5.74) is 10.7. The molecule has 0 bridgehead atoms. The summed E-state index contributed by atoms with van der Waals surface area (Å²) in [6.07, 6.45) is -4.88. The molecule has 0 aliphatic carbocycles. The Hall–Kier alpha value is -1.54. The van der Waals surface area contributed by atoms with E-state index in [2.05, 4.69) is 9.72 Å². The quantitative estimate of drug-likeness (QED) is 0.712. The van der Waals surface area contributed by atoms with E-state index < -0.39 is 18.8 Å². The standard InChI is InChI=1S/C8H10F3N3O2/c9-8(10,11)16-7-4(3-15)1-5(13)6(2-12)14-7/h1,15H,2-3,12-13H2. The summed E-state index contributed by atoms with van der Waals surface area (Å²) in [6, 6.07) is 1.15. The van der Waals surface area contributed by atoms with Gasteiger partial charge in [-0.15, -0.1) is 13.2 Å². The first-order valence-electron chi connectivity index (χ1n) is 4.22. The van der Waals surface area contributed by atoms with Crippen LogP contribution in [-0.4, -0.2) is 16.5 Å². The van der Waals surface area contributed by atoms with Crippen LogP contribution in [0.25, 0.3) is 0 Å². The van der Waals surface area contributed by atoms with E-state index in [1.807, 2.05) is 0 Å². The number of aromatic nitrogens is 1. The first-order chi connectivity index (χ1) is 7.37. The average Bonchev–Trinajstić information content (AvgIpc) is 2.18. The van der Waals surface area contributed by atoms with E-state index in [0.717, 1.165) is 6.07 Å². The van der Waals surface area contributed by atoms with Gasteiger partial charge in [0.25, 0.3) is 0 Å². The molecule has 0 fully saturated rings. The number of rotatable bonds is 3. The van der Waals surface area contributed by atoms with Crippen molar-refractivity contribution in [1.82, 2.24) is 4.98 Å². The normalized spacial score (nSPS) is 11.6. The lowest BCUT2D eigenvalue weighted by Gasteiger charge is -2.13. The second-order valence-corrected chi connectivity index (χ2v) is 2.90. The van der Waals surface area contributed by atoms with Crippen LogP contribution in [0.1, 0.15) is 11.3 Å². The number of alkyl halides is 3. The fraction of sp³-hybridized carbons (Fsp3) is 0.375. The minimum Gasteiger partial charge on any atom is -0.397 e. The fourth-order valence-electron chi connectivity index (χ4n) is 1.07. The van der Waals surface area contributed by atoms with Gasteiger partial charge in [0.15, 0.2) is 0 Å². The van der Waals surface area contributed by atoms with Crippen molar-refractivity contribution in [2.75, 3.05) is 5.73 Å². The van der Waals surface area contributed by atoms with E-state index in [9.17, 15) is 13.2 Å². The molecule has 0 saturated carbocycles. The molecule has 5 nitrogen and oxygen atoms in total. The molecule has 1 aromatic heterocycles. The predicted octanol–water partition coefficient (Wildman–Crippen LogP) is 0.513. The zero-order valence-electron chi connectivity index (χ0n) is 8.08. The van der Waals surface area contributed by atoms with Gasteiger partial charge in [0, 0.05) is 12.1 Å². The third kappa shape index (κ3) is 2.97. The van der Waals surface area contributed by atoms with Crippen LogP contribution in [0.15, 0.2) is 6.07 Å². The Morgan fingerprint density at radius 3 is 2.50 bits per heavy atom. The van der Waals surface area contributed by atoms with E-state index in [1.165, 1.54) is 0 Å². The number of aliphatic hydroxyl groups excluding tert-OH is 1. The van der Waals surface area contributed by atoms with Crippen molar-refractivity contribution >= 4 is 5.69 Å². The minimum absolute atomic E-state index is 0.0800. The monoisotopic (exact) mass is 237 g/mol. The Morgan fingerprint density at radius 1 is 1.44 bits per heavy atom. The number of nitrogens with zero attached hydrogens (tertiary/aromatic N) is 1. The van der Waals surface area contributed by atoms with Crippen molar-refractivity contribution in [3.8, 4) is 5.88 Å². The fourth-order valence-corrected chi connectivity index (χ4v) is 1.07. The number of anilines is 1. The highest BCUT2D eigenvalue weighted by molar-refractivity contribution is 5.48. The van der Waals surface area contributed by atoms with Crippen molar-refractivity contribution < 1.29 is 23.0 Å². The maximum atomic E-state index is 12.0. The minimum atomic E-state index is -4.88. The van der Waals surface area contributed by atoms with Crippen LogP contribution in [-0.2, 0) is 13.2 Å². The molecule has 90 valence electrons. The van der Waals surface area contributed by atoms with Gasteiger partial charge in [-0.2, -0.15) is 0 Å². The zero-order valence-corrected chi connectivity index (χ0v) is 8.08. The summed E-state index contributed by atoms with van der Waals surface area (Å²) in [7, 11) is 0. The largest absolute Gasteiger partial charge is 0.574 e. The molecule has 0 spiro atoms. The van der Waals surface area contributed by atoms with Crippen LogP contribution in [0.4, 0.5) is 18.9 Å². The third-order valence-electron chi connectivity index (χ3n) is 1.75. The van der Waals surface area contributed by atoms with Gasteiger partial charge in [-0.05, 0) is 6.07 Å². The summed E-state index contributed by atoms with van der Waals surface area (Å²) >= 11 is 0. The van der Waals surface area contributed by atoms with Crippen LogP contribution in [0.3, 0.4) is 0 Å². The van der Waals surface area contributed by atoms with Gasteiger partial charge in [0.05, 0.1) is 18.0 Å². The molecule has 0 saturated heterocycles. The number of hydrogen-bond acceptors (Lipinski definition) is 5. The summed E-state index contributed by atoms with van der Waals surface area (Å²) in [5, 5.41) is 8.83. The molecule has 0 aliphatic heterocycles. The van der Waals surface area contributed by atoms with Gasteiger partial charge in [-0.1, -0.05) is 0 Å². The smallest absolute Gasteiger partial charge is 0.397 e. The van der Waals surface area contributed by atoms with Gasteiger partial charge in [-0.25, -0.2) is 4.98 Å². The summed E-state index contributed by atoms with van der Waals surface area (Å²) < 4.78 is 39.6. The number of ether oxygens (including phenoxy) is 1. The highest BCUT2D eigenvalue weighted by atomic mass is 19.4. The lowest BCUT2D eigenvalue weighted by Crippen LogP contribution is -2.20. The Kier molecular flexibility index (Phi) is 3.55. The van der Waals surface area contributed by atoms with Crippen molar-refractivity contribution in [1.29, 1.82) is 0 Å². The molecule has 0 radical (unpaired) electrons. The highest BCUT2D eigenvalue weighted by Gasteiger charge is 2.33. The molecule has 0 unspecified atom stereocenters. The zero-order chi connectivity index (χ0) is 12.3. The third-order valence-corrected chi connectivity index (χ3v) is 1.75. The van der Waals surface area contributed by atoms with E-state index in [0.29, 0.717) is 0 Å². The topological polar surface area (TPSA) is 94.4 Å². The number of hydrogen-bond donors (Lipinski definition) is 3. The molecule has 0 amide bonds. The molecular weight excluding hydrogens is 227 g/mol. The molecule has 0 aromatic carbocycles. The average molecular weight is 237 g/mol. The first-order valence-corrected chi connectivity index (χ1v) is 4.22. The van der Waals surface area contributed by atoms with E-state index in [-0.39, 0.29) is 23.5 Å². The van der Waals surface area contributed by atoms with Gasteiger partial charge < -0.3 is 21.3 Å². The van der Waals surface area contributed by atoms with E-state index in [1.54, 1.807) is 0 Å². The number of aliphatic hydroxyl groups is 1. The molecule has 0 aliphatic rings. The van der Waals surface area contributed by atoms with Gasteiger partial charge in [0.1, 0.15) is 0 Å². The van der Waals surface area contributed by atoms with Gasteiger partial charge in [-0.3, -0.25) is 0 Å². The Balaban J connectivity index is 3.15. The number of nitrogens with two attached hydrogens (primary N) is 2. The Morgan fingerprint density at radius 2 is 2.06 bits per heavy atom. The second kappa shape index (κ2) is 4.54. The molecule has 1 rings (SSSR count). The van der Waals surface area contributed by atoms with Crippen LogP contribution >= 0.6 is 0 Å². The van der Waals surface area contributed by atoms with Crippen molar-refractivity contribution in [2.24, 2.45) is 5.73 Å². The number of halogens is 3. The number of pyridine rings is 1. The lowest BCUT2D eigenvalue weighted by molar-refractivity contribution is -0.276. The molecule has 16 heavy (non-hydrogen) atoms. The predicted molar refractivity (Wildman–Crippen MR) is 49.1 cm³/mol. The molecule has 5 N–H and O–H groups in total. The lowest BCUT2D eigenvalue weighted by atomic mass is 10.2. The van der Waals surface area contributed by atoms with Crippen molar-refractivity contribution in [3.05, 3.63) is 17.3 Å². The summed E-state index contributed by atoms with van der Waals surface area (Å²) in [5.74, 6) is -0.732. The van der Waals surface area contributed by atoms with Crippen LogP contribution in [0.2, 0.25) is 0 Å². The Labute approximate surface area is 88.8 Å². The van der Waals surface area contributed by atoms with Crippen LogP contribution < -0.4 is 16.2 Å². The highest BCUT2D eigenvalue weighted by Crippen LogP contribution is 2.27. The SMILES string of the molecule is NCc1nc(OC(F)(F)F)c(CO)cc1N.